The molecule has 0 saturated carbocycles. The van der Waals surface area contributed by atoms with Gasteiger partial charge in [-0.25, -0.2) is 0 Å². The van der Waals surface area contributed by atoms with Crippen LogP contribution in [0, 0.1) is 6.92 Å². The summed E-state index contributed by atoms with van der Waals surface area (Å²) >= 11 is 0. The van der Waals surface area contributed by atoms with E-state index in [2.05, 4.69) is 0 Å². The molecule has 0 unspecified atom stereocenters. The topological polar surface area (TPSA) is 69.1 Å². The van der Waals surface area contributed by atoms with Crippen LogP contribution in [0.1, 0.15) is 11.1 Å². The molecule has 1 aromatic carbocycles. The van der Waals surface area contributed by atoms with Gasteiger partial charge in [-0.2, -0.15) is 0 Å². The first-order valence-corrected chi connectivity index (χ1v) is 3.73. The van der Waals surface area contributed by atoms with Crippen LogP contribution >= 0.6 is 0 Å². The predicted octanol–water partition coefficient (Wildman–Crippen LogP) is 0.605. The van der Waals surface area contributed by atoms with Crippen molar-refractivity contribution >= 4 is 11.6 Å². The Labute approximate surface area is 71.4 Å². The highest BCUT2D eigenvalue weighted by atomic mass is 16.1. The third-order valence-electron chi connectivity index (χ3n) is 1.72. The van der Waals surface area contributed by atoms with E-state index in [0.29, 0.717) is 5.69 Å². The molecule has 0 aliphatic carbocycles. The molecule has 0 saturated heterocycles. The fourth-order valence-corrected chi connectivity index (χ4v) is 1.00. The number of anilines is 1. The van der Waals surface area contributed by atoms with E-state index in [9.17, 15) is 4.79 Å². The minimum atomic E-state index is -0.335. The summed E-state index contributed by atoms with van der Waals surface area (Å²) in [7, 11) is 0. The van der Waals surface area contributed by atoms with Crippen LogP contribution in [0.25, 0.3) is 0 Å². The zero-order valence-electron chi connectivity index (χ0n) is 7.00. The first-order valence-electron chi connectivity index (χ1n) is 3.73. The van der Waals surface area contributed by atoms with Gasteiger partial charge in [-0.1, -0.05) is 12.1 Å². The van der Waals surface area contributed by atoms with Gasteiger partial charge in [0.2, 0.25) is 5.91 Å². The monoisotopic (exact) mass is 164 g/mol. The quantitative estimate of drug-likeness (QED) is 0.628. The summed E-state index contributed by atoms with van der Waals surface area (Å²) in [6.45, 7) is 1.92. The Morgan fingerprint density at radius 3 is 2.67 bits per heavy atom. The van der Waals surface area contributed by atoms with Crippen LogP contribution in [-0.2, 0) is 11.2 Å². The zero-order valence-corrected chi connectivity index (χ0v) is 7.00. The molecule has 64 valence electrons. The van der Waals surface area contributed by atoms with E-state index in [0.717, 1.165) is 11.1 Å². The largest absolute Gasteiger partial charge is 0.399 e. The van der Waals surface area contributed by atoms with Crippen LogP contribution in [-0.4, -0.2) is 5.91 Å². The molecule has 0 spiro atoms. The predicted molar refractivity (Wildman–Crippen MR) is 48.5 cm³/mol. The van der Waals surface area contributed by atoms with Gasteiger partial charge in [0.25, 0.3) is 0 Å². The normalized spacial score (nSPS) is 9.75. The standard InChI is InChI=1S/C9H12N2O/c1-6-2-3-7(4-8(6)10)5-9(11)12/h2-4H,5,10H2,1H3,(H2,11,12). The van der Waals surface area contributed by atoms with E-state index in [1.54, 1.807) is 6.07 Å². The molecule has 4 N–H and O–H groups in total. The van der Waals surface area contributed by atoms with Gasteiger partial charge in [0, 0.05) is 5.69 Å². The molecule has 3 nitrogen and oxygen atoms in total. The molecule has 0 aliphatic rings. The summed E-state index contributed by atoms with van der Waals surface area (Å²) in [6.07, 6.45) is 0.254. The maximum atomic E-state index is 10.5. The van der Waals surface area contributed by atoms with Crippen LogP contribution in [0.4, 0.5) is 5.69 Å². The van der Waals surface area contributed by atoms with Crippen molar-refractivity contribution in [1.29, 1.82) is 0 Å². The van der Waals surface area contributed by atoms with Crippen molar-refractivity contribution in [3.63, 3.8) is 0 Å². The number of carbonyl (C=O) groups excluding carboxylic acids is 1. The second-order valence-corrected chi connectivity index (χ2v) is 2.83. The molecule has 1 rings (SSSR count). The molecule has 3 heteroatoms. The highest BCUT2D eigenvalue weighted by Crippen LogP contribution is 2.12. The first kappa shape index (κ1) is 8.59. The van der Waals surface area contributed by atoms with Crippen LogP contribution < -0.4 is 11.5 Å². The number of aryl methyl sites for hydroxylation is 1. The first-order chi connectivity index (χ1) is 5.59. The van der Waals surface area contributed by atoms with Gasteiger partial charge in [0.15, 0.2) is 0 Å². The lowest BCUT2D eigenvalue weighted by molar-refractivity contribution is -0.117. The number of amides is 1. The van der Waals surface area contributed by atoms with Crippen LogP contribution in [0.15, 0.2) is 18.2 Å². The Kier molecular flexibility index (Phi) is 2.33. The Bertz CT molecular complexity index is 307. The van der Waals surface area contributed by atoms with E-state index in [1.807, 2.05) is 19.1 Å². The van der Waals surface area contributed by atoms with E-state index in [1.165, 1.54) is 0 Å². The van der Waals surface area contributed by atoms with Crippen molar-refractivity contribution in [1.82, 2.24) is 0 Å². The molecule has 0 aromatic heterocycles. The number of carbonyl (C=O) groups is 1. The average molecular weight is 164 g/mol. The summed E-state index contributed by atoms with van der Waals surface area (Å²) in [4.78, 5) is 10.5. The Balaban J connectivity index is 2.89. The van der Waals surface area contributed by atoms with Gasteiger partial charge in [-0.15, -0.1) is 0 Å². The van der Waals surface area contributed by atoms with Crippen LogP contribution in [0.3, 0.4) is 0 Å². The number of rotatable bonds is 2. The summed E-state index contributed by atoms with van der Waals surface area (Å²) in [5.41, 5.74) is 13.3. The molecule has 0 aliphatic heterocycles. The number of nitrogen functional groups attached to an aromatic ring is 1. The lowest BCUT2D eigenvalue weighted by Gasteiger charge is -2.02. The summed E-state index contributed by atoms with van der Waals surface area (Å²) in [6, 6.07) is 5.52. The third kappa shape index (κ3) is 1.99. The molecular weight excluding hydrogens is 152 g/mol. The van der Waals surface area contributed by atoms with Gasteiger partial charge in [-0.3, -0.25) is 4.79 Å². The fraction of sp³-hybridized carbons (Fsp3) is 0.222. The van der Waals surface area contributed by atoms with Gasteiger partial charge in [0.05, 0.1) is 6.42 Å². The second-order valence-electron chi connectivity index (χ2n) is 2.83. The van der Waals surface area contributed by atoms with Gasteiger partial charge in [-0.05, 0) is 24.1 Å². The number of benzene rings is 1. The average Bonchev–Trinajstić information content (AvgIpc) is 1.96. The van der Waals surface area contributed by atoms with E-state index >= 15 is 0 Å². The van der Waals surface area contributed by atoms with E-state index in [-0.39, 0.29) is 12.3 Å². The van der Waals surface area contributed by atoms with Crippen molar-refractivity contribution < 1.29 is 4.79 Å². The molecule has 12 heavy (non-hydrogen) atoms. The molecule has 0 radical (unpaired) electrons. The lowest BCUT2D eigenvalue weighted by Crippen LogP contribution is -2.13. The molecule has 0 fully saturated rings. The van der Waals surface area contributed by atoms with Crippen molar-refractivity contribution in [2.75, 3.05) is 5.73 Å². The highest BCUT2D eigenvalue weighted by Gasteiger charge is 1.99. The number of primary amides is 1. The number of hydrogen-bond acceptors (Lipinski definition) is 2. The Morgan fingerprint density at radius 1 is 1.50 bits per heavy atom. The molecular formula is C9H12N2O. The second kappa shape index (κ2) is 3.26. The van der Waals surface area contributed by atoms with Gasteiger partial charge < -0.3 is 11.5 Å². The van der Waals surface area contributed by atoms with E-state index < -0.39 is 0 Å². The highest BCUT2D eigenvalue weighted by molar-refractivity contribution is 5.77. The van der Waals surface area contributed by atoms with Crippen molar-refractivity contribution in [3.8, 4) is 0 Å². The molecule has 0 atom stereocenters. The smallest absolute Gasteiger partial charge is 0.221 e. The maximum absolute atomic E-state index is 10.5. The lowest BCUT2D eigenvalue weighted by atomic mass is 10.1. The fourth-order valence-electron chi connectivity index (χ4n) is 1.00. The van der Waals surface area contributed by atoms with Crippen molar-refractivity contribution in [3.05, 3.63) is 29.3 Å². The maximum Gasteiger partial charge on any atom is 0.221 e. The summed E-state index contributed by atoms with van der Waals surface area (Å²) in [5.74, 6) is -0.335. The Hall–Kier alpha value is -1.51. The van der Waals surface area contributed by atoms with Gasteiger partial charge in [0.1, 0.15) is 0 Å². The summed E-state index contributed by atoms with van der Waals surface area (Å²) in [5, 5.41) is 0. The van der Waals surface area contributed by atoms with Crippen molar-refractivity contribution in [2.24, 2.45) is 5.73 Å². The minimum Gasteiger partial charge on any atom is -0.399 e. The Morgan fingerprint density at radius 2 is 2.17 bits per heavy atom. The van der Waals surface area contributed by atoms with Crippen molar-refractivity contribution in [2.45, 2.75) is 13.3 Å². The third-order valence-corrected chi connectivity index (χ3v) is 1.72. The number of hydrogen-bond donors (Lipinski definition) is 2. The molecule has 0 heterocycles. The molecule has 0 bridgehead atoms. The SMILES string of the molecule is Cc1ccc(CC(N)=O)cc1N. The van der Waals surface area contributed by atoms with E-state index in [4.69, 9.17) is 11.5 Å². The molecule has 1 amide bonds. The zero-order chi connectivity index (χ0) is 9.14. The number of nitrogens with two attached hydrogens (primary N) is 2. The summed E-state index contributed by atoms with van der Waals surface area (Å²) < 4.78 is 0. The van der Waals surface area contributed by atoms with Crippen LogP contribution in [0.2, 0.25) is 0 Å². The minimum absolute atomic E-state index is 0.254. The van der Waals surface area contributed by atoms with Gasteiger partial charge >= 0.3 is 0 Å². The molecule has 1 aromatic rings. The van der Waals surface area contributed by atoms with Crippen LogP contribution in [0.5, 0.6) is 0 Å².